The van der Waals surface area contributed by atoms with Crippen molar-refractivity contribution < 1.29 is 14.1 Å². The summed E-state index contributed by atoms with van der Waals surface area (Å²) in [4.78, 5) is 34.5. The molecule has 1 aromatic carbocycles. The zero-order chi connectivity index (χ0) is 24.0. The maximum Gasteiger partial charge on any atom is 0.249 e. The Morgan fingerprint density at radius 1 is 1.30 bits per heavy atom. The van der Waals surface area contributed by atoms with Gasteiger partial charge < -0.3 is 14.3 Å². The van der Waals surface area contributed by atoms with E-state index in [1.165, 1.54) is 0 Å². The molecule has 0 N–H and O–H groups in total. The van der Waals surface area contributed by atoms with Gasteiger partial charge in [0, 0.05) is 29.6 Å². The molecule has 7 nitrogen and oxygen atoms in total. The van der Waals surface area contributed by atoms with Crippen LogP contribution in [0.4, 0.5) is 0 Å². The molecule has 1 saturated heterocycles. The van der Waals surface area contributed by atoms with E-state index in [1.54, 1.807) is 21.9 Å². The number of carbonyl (C=O) groups is 2. The fourth-order valence-electron chi connectivity index (χ4n) is 3.94. The minimum atomic E-state index is -0.727. The Hall–Kier alpha value is -2.12. The van der Waals surface area contributed by atoms with Gasteiger partial charge in [-0.05, 0) is 51.7 Å². The van der Waals surface area contributed by atoms with E-state index in [2.05, 4.69) is 17.1 Å². The summed E-state index contributed by atoms with van der Waals surface area (Å²) in [6.45, 7) is 6.82. The summed E-state index contributed by atoms with van der Waals surface area (Å²) >= 11 is 12.1. The molecule has 3 rings (SSSR count). The predicted molar refractivity (Wildman–Crippen MR) is 129 cm³/mol. The van der Waals surface area contributed by atoms with Gasteiger partial charge in [-0.1, -0.05) is 42.2 Å². The first-order valence-electron chi connectivity index (χ1n) is 11.5. The van der Waals surface area contributed by atoms with Crippen LogP contribution in [0.1, 0.15) is 64.8 Å². The van der Waals surface area contributed by atoms with Crippen LogP contribution in [-0.4, -0.2) is 57.3 Å². The van der Waals surface area contributed by atoms with Crippen LogP contribution < -0.4 is 0 Å². The van der Waals surface area contributed by atoms with Crippen molar-refractivity contribution in [3.05, 3.63) is 35.2 Å². The molecule has 1 unspecified atom stereocenters. The molecule has 2 aromatic rings. The van der Waals surface area contributed by atoms with E-state index in [-0.39, 0.29) is 30.3 Å². The van der Waals surface area contributed by atoms with Gasteiger partial charge >= 0.3 is 0 Å². The average molecular weight is 495 g/mol. The molecule has 9 heteroatoms. The van der Waals surface area contributed by atoms with Crippen molar-refractivity contribution in [3.8, 4) is 11.4 Å². The Bertz CT molecular complexity index is 963. The highest BCUT2D eigenvalue weighted by molar-refractivity contribution is 6.30. The molecule has 180 valence electrons. The molecular weight excluding hydrogens is 463 g/mol. The van der Waals surface area contributed by atoms with Gasteiger partial charge in [0.15, 0.2) is 0 Å². The average Bonchev–Trinajstić information content (AvgIpc) is 3.31. The van der Waals surface area contributed by atoms with E-state index in [1.807, 2.05) is 26.0 Å². The van der Waals surface area contributed by atoms with E-state index in [9.17, 15) is 9.59 Å². The van der Waals surface area contributed by atoms with E-state index in [0.717, 1.165) is 37.7 Å². The van der Waals surface area contributed by atoms with Crippen molar-refractivity contribution in [1.29, 1.82) is 0 Å². The third-order valence-corrected chi connectivity index (χ3v) is 6.84. The van der Waals surface area contributed by atoms with Crippen LogP contribution in [0.3, 0.4) is 0 Å². The fourth-order valence-corrected chi connectivity index (χ4v) is 4.25. The number of unbranched alkanes of at least 4 members (excludes halogenated alkanes) is 1. The summed E-state index contributed by atoms with van der Waals surface area (Å²) in [6.07, 6.45) is 4.35. The third-order valence-electron chi connectivity index (χ3n) is 5.94. The monoisotopic (exact) mass is 494 g/mol. The van der Waals surface area contributed by atoms with Gasteiger partial charge in [-0.2, -0.15) is 4.98 Å². The SMILES string of the molecule is CCCCN(CC(=O)N1CCCCC1c1nc(-c2cccc(Cl)c2)no1)C(=O)C(C)(C)CCl. The van der Waals surface area contributed by atoms with E-state index >= 15 is 0 Å². The number of hydrogen-bond acceptors (Lipinski definition) is 5. The van der Waals surface area contributed by atoms with Crippen molar-refractivity contribution >= 4 is 35.0 Å². The first-order valence-corrected chi connectivity index (χ1v) is 12.4. The van der Waals surface area contributed by atoms with Crippen LogP contribution in [0.15, 0.2) is 28.8 Å². The van der Waals surface area contributed by atoms with Crippen LogP contribution in [-0.2, 0) is 9.59 Å². The van der Waals surface area contributed by atoms with Gasteiger partial charge in [0.1, 0.15) is 6.04 Å². The number of rotatable bonds is 9. The Morgan fingerprint density at radius 2 is 2.09 bits per heavy atom. The molecule has 1 fully saturated rings. The van der Waals surface area contributed by atoms with Crippen LogP contribution in [0.2, 0.25) is 5.02 Å². The zero-order valence-corrected chi connectivity index (χ0v) is 21.0. The molecule has 1 atom stereocenters. The molecular formula is C24H32Cl2N4O3. The predicted octanol–water partition coefficient (Wildman–Crippen LogP) is 5.34. The first kappa shape index (κ1) is 25.5. The fraction of sp³-hybridized carbons (Fsp3) is 0.583. The lowest BCUT2D eigenvalue weighted by atomic mass is 9.94. The lowest BCUT2D eigenvalue weighted by molar-refractivity contribution is -0.147. The number of amides is 2. The van der Waals surface area contributed by atoms with Crippen molar-refractivity contribution in [3.63, 3.8) is 0 Å². The third kappa shape index (κ3) is 6.27. The van der Waals surface area contributed by atoms with Gasteiger partial charge in [0.05, 0.1) is 12.0 Å². The smallest absolute Gasteiger partial charge is 0.249 e. The summed E-state index contributed by atoms with van der Waals surface area (Å²) < 4.78 is 5.57. The molecule has 33 heavy (non-hydrogen) atoms. The number of likely N-dealkylation sites (tertiary alicyclic amines) is 1. The summed E-state index contributed by atoms with van der Waals surface area (Å²) in [5.41, 5.74) is 0.0284. The molecule has 0 bridgehead atoms. The maximum atomic E-state index is 13.4. The second kappa shape index (κ2) is 11.3. The highest BCUT2D eigenvalue weighted by Crippen LogP contribution is 2.32. The van der Waals surface area contributed by atoms with Crippen molar-refractivity contribution in [2.24, 2.45) is 5.41 Å². The number of aromatic nitrogens is 2. The number of benzene rings is 1. The van der Waals surface area contributed by atoms with Gasteiger partial charge in [-0.3, -0.25) is 9.59 Å². The topological polar surface area (TPSA) is 79.5 Å². The van der Waals surface area contributed by atoms with E-state index in [0.29, 0.717) is 29.8 Å². The van der Waals surface area contributed by atoms with Gasteiger partial charge in [-0.15, -0.1) is 11.6 Å². The summed E-state index contributed by atoms with van der Waals surface area (Å²) in [5.74, 6) is 0.828. The van der Waals surface area contributed by atoms with Gasteiger partial charge in [0.2, 0.25) is 23.5 Å². The Morgan fingerprint density at radius 3 is 2.79 bits per heavy atom. The molecule has 1 aromatic heterocycles. The molecule has 0 saturated carbocycles. The number of halogens is 2. The van der Waals surface area contributed by atoms with E-state index in [4.69, 9.17) is 27.7 Å². The second-order valence-electron chi connectivity index (χ2n) is 9.16. The summed E-state index contributed by atoms with van der Waals surface area (Å²) in [6, 6.07) is 6.94. The van der Waals surface area contributed by atoms with Crippen LogP contribution in [0.25, 0.3) is 11.4 Å². The van der Waals surface area contributed by atoms with Crippen molar-refractivity contribution in [2.75, 3.05) is 25.5 Å². The Labute approximate surface area is 205 Å². The lowest BCUT2D eigenvalue weighted by Crippen LogP contribution is -2.49. The minimum Gasteiger partial charge on any atom is -0.337 e. The van der Waals surface area contributed by atoms with Gasteiger partial charge in [0.25, 0.3) is 0 Å². The number of alkyl halides is 1. The molecule has 0 radical (unpaired) electrons. The largest absolute Gasteiger partial charge is 0.337 e. The summed E-state index contributed by atoms with van der Waals surface area (Å²) in [5, 5.41) is 4.70. The molecule has 2 amide bonds. The normalized spacial score (nSPS) is 16.6. The highest BCUT2D eigenvalue weighted by Gasteiger charge is 2.36. The first-order chi connectivity index (χ1) is 15.8. The van der Waals surface area contributed by atoms with Crippen molar-refractivity contribution in [2.45, 2.75) is 58.9 Å². The molecule has 2 heterocycles. The Kier molecular flexibility index (Phi) is 8.76. The zero-order valence-electron chi connectivity index (χ0n) is 19.5. The molecule has 1 aliphatic heterocycles. The van der Waals surface area contributed by atoms with Crippen LogP contribution >= 0.6 is 23.2 Å². The molecule has 1 aliphatic rings. The highest BCUT2D eigenvalue weighted by atomic mass is 35.5. The minimum absolute atomic E-state index is 0.0188. The molecule has 0 spiro atoms. The number of carbonyl (C=O) groups excluding carboxylic acids is 2. The van der Waals surface area contributed by atoms with Crippen LogP contribution in [0, 0.1) is 5.41 Å². The standard InChI is InChI=1S/C24H32Cl2N4O3/c1-4-5-12-29(23(32)24(2,3)16-25)15-20(31)30-13-7-6-11-19(30)22-27-21(28-33-22)17-9-8-10-18(26)14-17/h8-10,14,19H,4-7,11-13,15-16H2,1-3H3. The van der Waals surface area contributed by atoms with Crippen LogP contribution in [0.5, 0.6) is 0 Å². The molecule has 0 aliphatic carbocycles. The van der Waals surface area contributed by atoms with Crippen molar-refractivity contribution in [1.82, 2.24) is 19.9 Å². The number of hydrogen-bond donors (Lipinski definition) is 0. The van der Waals surface area contributed by atoms with Gasteiger partial charge in [-0.25, -0.2) is 0 Å². The van der Waals surface area contributed by atoms with E-state index < -0.39 is 5.41 Å². The number of piperidine rings is 1. The lowest BCUT2D eigenvalue weighted by Gasteiger charge is -2.36. The summed E-state index contributed by atoms with van der Waals surface area (Å²) in [7, 11) is 0. The number of nitrogens with zero attached hydrogens (tertiary/aromatic N) is 4. The quantitative estimate of drug-likeness (QED) is 0.439. The Balaban J connectivity index is 1.78. The maximum absolute atomic E-state index is 13.4. The second-order valence-corrected chi connectivity index (χ2v) is 9.87.